The van der Waals surface area contributed by atoms with Crippen LogP contribution in [-0.2, 0) is 7.05 Å². The van der Waals surface area contributed by atoms with Gasteiger partial charge in [0, 0.05) is 24.7 Å². The molecule has 1 aliphatic carbocycles. The minimum Gasteiger partial charge on any atom is -0.388 e. The predicted octanol–water partition coefficient (Wildman–Crippen LogP) is 2.14. The van der Waals surface area contributed by atoms with Gasteiger partial charge in [0.25, 0.3) is 0 Å². The van der Waals surface area contributed by atoms with E-state index in [0.29, 0.717) is 5.92 Å². The SMILES string of the molecule is Cn1cc(C(O)C2C(C)(C)C2(C)C)cn1. The lowest BCUT2D eigenvalue weighted by Gasteiger charge is -2.09. The molecule has 1 fully saturated rings. The fourth-order valence-corrected chi connectivity index (χ4v) is 2.82. The molecule has 0 saturated heterocycles. The van der Waals surface area contributed by atoms with Gasteiger partial charge in [0.1, 0.15) is 0 Å². The zero-order valence-electron chi connectivity index (χ0n) is 10.2. The number of hydrogen-bond acceptors (Lipinski definition) is 2. The van der Waals surface area contributed by atoms with Crippen molar-refractivity contribution >= 4 is 0 Å². The van der Waals surface area contributed by atoms with Crippen molar-refractivity contribution in [3.05, 3.63) is 18.0 Å². The summed E-state index contributed by atoms with van der Waals surface area (Å²) in [7, 11) is 1.87. The lowest BCUT2D eigenvalue weighted by Crippen LogP contribution is -2.04. The molecular weight excluding hydrogens is 188 g/mol. The van der Waals surface area contributed by atoms with E-state index in [1.54, 1.807) is 10.9 Å². The topological polar surface area (TPSA) is 38.0 Å². The van der Waals surface area contributed by atoms with Gasteiger partial charge in [-0.1, -0.05) is 27.7 Å². The molecule has 0 aromatic carbocycles. The number of aliphatic hydroxyl groups excluding tert-OH is 1. The van der Waals surface area contributed by atoms with Crippen molar-refractivity contribution in [2.45, 2.75) is 33.8 Å². The summed E-state index contributed by atoms with van der Waals surface area (Å²) in [5, 5.41) is 14.4. The van der Waals surface area contributed by atoms with E-state index in [0.717, 1.165) is 5.56 Å². The summed E-state index contributed by atoms with van der Waals surface area (Å²) in [6.07, 6.45) is 3.27. The maximum atomic E-state index is 10.3. The summed E-state index contributed by atoms with van der Waals surface area (Å²) in [6, 6.07) is 0. The second-order valence-electron chi connectivity index (χ2n) is 5.81. The Morgan fingerprint density at radius 2 is 1.87 bits per heavy atom. The van der Waals surface area contributed by atoms with Crippen LogP contribution in [0.1, 0.15) is 39.4 Å². The largest absolute Gasteiger partial charge is 0.388 e. The minimum absolute atomic E-state index is 0.211. The van der Waals surface area contributed by atoms with Crippen molar-refractivity contribution in [2.24, 2.45) is 23.8 Å². The van der Waals surface area contributed by atoms with Gasteiger partial charge in [0.05, 0.1) is 12.3 Å². The Hall–Kier alpha value is -0.830. The molecule has 2 rings (SSSR count). The van der Waals surface area contributed by atoms with Crippen molar-refractivity contribution in [2.75, 3.05) is 0 Å². The third kappa shape index (κ3) is 1.33. The lowest BCUT2D eigenvalue weighted by atomic mass is 10.0. The highest BCUT2D eigenvalue weighted by molar-refractivity contribution is 5.22. The molecule has 1 aromatic rings. The molecule has 1 atom stereocenters. The molecule has 15 heavy (non-hydrogen) atoms. The summed E-state index contributed by atoms with van der Waals surface area (Å²) in [5.74, 6) is 0.328. The van der Waals surface area contributed by atoms with Crippen LogP contribution in [0.2, 0.25) is 0 Å². The highest BCUT2D eigenvalue weighted by Gasteiger charge is 2.67. The van der Waals surface area contributed by atoms with E-state index in [1.165, 1.54) is 0 Å². The van der Waals surface area contributed by atoms with Gasteiger partial charge in [-0.25, -0.2) is 0 Å². The predicted molar refractivity (Wildman–Crippen MR) is 59.2 cm³/mol. The van der Waals surface area contributed by atoms with Gasteiger partial charge in [-0.2, -0.15) is 5.10 Å². The Labute approximate surface area is 91.1 Å². The number of hydrogen-bond donors (Lipinski definition) is 1. The monoisotopic (exact) mass is 208 g/mol. The third-order valence-electron chi connectivity index (χ3n) is 4.51. The first-order chi connectivity index (χ1) is 6.78. The number of aryl methyl sites for hydroxylation is 1. The van der Waals surface area contributed by atoms with Crippen LogP contribution in [0.25, 0.3) is 0 Å². The van der Waals surface area contributed by atoms with Crippen LogP contribution in [0, 0.1) is 16.7 Å². The molecule has 0 amide bonds. The Balaban J connectivity index is 2.21. The molecule has 1 N–H and O–H groups in total. The maximum Gasteiger partial charge on any atom is 0.0859 e. The van der Waals surface area contributed by atoms with E-state index < -0.39 is 0 Å². The number of nitrogens with zero attached hydrogens (tertiary/aromatic N) is 2. The molecule has 0 bridgehead atoms. The minimum atomic E-state index is -0.385. The molecule has 3 nitrogen and oxygen atoms in total. The van der Waals surface area contributed by atoms with Crippen LogP contribution in [0.15, 0.2) is 12.4 Å². The van der Waals surface area contributed by atoms with Gasteiger partial charge in [0.2, 0.25) is 0 Å². The first kappa shape index (κ1) is 10.7. The zero-order chi connectivity index (χ0) is 11.4. The molecule has 0 radical (unpaired) electrons. The summed E-state index contributed by atoms with van der Waals surface area (Å²) in [6.45, 7) is 8.88. The highest BCUT2D eigenvalue weighted by Crippen LogP contribution is 2.72. The second kappa shape index (κ2) is 2.85. The van der Waals surface area contributed by atoms with Crippen LogP contribution in [0.3, 0.4) is 0 Å². The number of aliphatic hydroxyl groups is 1. The highest BCUT2D eigenvalue weighted by atomic mass is 16.3. The molecule has 1 unspecified atom stereocenters. The van der Waals surface area contributed by atoms with E-state index in [9.17, 15) is 5.11 Å². The van der Waals surface area contributed by atoms with Crippen LogP contribution < -0.4 is 0 Å². The quantitative estimate of drug-likeness (QED) is 0.808. The lowest BCUT2D eigenvalue weighted by molar-refractivity contribution is 0.130. The average molecular weight is 208 g/mol. The first-order valence-corrected chi connectivity index (χ1v) is 5.45. The van der Waals surface area contributed by atoms with E-state index in [2.05, 4.69) is 32.8 Å². The number of aromatic nitrogens is 2. The summed E-state index contributed by atoms with van der Waals surface area (Å²) in [4.78, 5) is 0. The summed E-state index contributed by atoms with van der Waals surface area (Å²) < 4.78 is 1.74. The Morgan fingerprint density at radius 1 is 1.33 bits per heavy atom. The van der Waals surface area contributed by atoms with Crippen LogP contribution in [0.4, 0.5) is 0 Å². The van der Waals surface area contributed by atoms with Crippen LogP contribution >= 0.6 is 0 Å². The smallest absolute Gasteiger partial charge is 0.0859 e. The van der Waals surface area contributed by atoms with Crippen molar-refractivity contribution in [1.29, 1.82) is 0 Å². The molecule has 1 aliphatic rings. The fourth-order valence-electron chi connectivity index (χ4n) is 2.82. The van der Waals surface area contributed by atoms with Gasteiger partial charge in [0.15, 0.2) is 0 Å². The van der Waals surface area contributed by atoms with Crippen LogP contribution in [-0.4, -0.2) is 14.9 Å². The number of rotatable bonds is 2. The molecule has 1 saturated carbocycles. The average Bonchev–Trinajstić information content (AvgIpc) is 2.49. The van der Waals surface area contributed by atoms with E-state index in [4.69, 9.17) is 0 Å². The Bertz CT molecular complexity index is 365. The van der Waals surface area contributed by atoms with E-state index >= 15 is 0 Å². The molecule has 1 aromatic heterocycles. The zero-order valence-corrected chi connectivity index (χ0v) is 10.2. The van der Waals surface area contributed by atoms with Gasteiger partial charge < -0.3 is 5.11 Å². The fraction of sp³-hybridized carbons (Fsp3) is 0.750. The van der Waals surface area contributed by atoms with Crippen molar-refractivity contribution in [3.63, 3.8) is 0 Å². The molecular formula is C12H20N2O. The molecule has 84 valence electrons. The Morgan fingerprint density at radius 3 is 2.20 bits per heavy atom. The van der Waals surface area contributed by atoms with Crippen molar-refractivity contribution in [1.82, 2.24) is 9.78 Å². The molecule has 1 heterocycles. The standard InChI is InChI=1S/C12H20N2O/c1-11(2)10(12(11,3)4)9(15)8-6-13-14(5)7-8/h6-7,9-10,15H,1-5H3. The van der Waals surface area contributed by atoms with Crippen LogP contribution in [0.5, 0.6) is 0 Å². The second-order valence-corrected chi connectivity index (χ2v) is 5.81. The normalized spacial score (nSPS) is 25.2. The molecule has 0 spiro atoms. The molecule has 3 heteroatoms. The van der Waals surface area contributed by atoms with Gasteiger partial charge >= 0.3 is 0 Å². The van der Waals surface area contributed by atoms with Gasteiger partial charge in [-0.3, -0.25) is 4.68 Å². The van der Waals surface area contributed by atoms with E-state index in [-0.39, 0.29) is 16.9 Å². The first-order valence-electron chi connectivity index (χ1n) is 5.45. The van der Waals surface area contributed by atoms with Crippen molar-refractivity contribution in [3.8, 4) is 0 Å². The van der Waals surface area contributed by atoms with Gasteiger partial charge in [-0.15, -0.1) is 0 Å². The Kier molecular flexibility index (Phi) is 2.03. The van der Waals surface area contributed by atoms with E-state index in [1.807, 2.05) is 13.2 Å². The van der Waals surface area contributed by atoms with Crippen molar-refractivity contribution < 1.29 is 5.11 Å². The maximum absolute atomic E-state index is 10.3. The molecule has 0 aliphatic heterocycles. The summed E-state index contributed by atoms with van der Waals surface area (Å²) >= 11 is 0. The third-order valence-corrected chi connectivity index (χ3v) is 4.51. The summed E-state index contributed by atoms with van der Waals surface area (Å²) in [5.41, 5.74) is 1.35. The van der Waals surface area contributed by atoms with Gasteiger partial charge in [-0.05, 0) is 10.8 Å².